The van der Waals surface area contributed by atoms with Crippen LogP contribution in [0.15, 0.2) is 23.2 Å². The van der Waals surface area contributed by atoms with Crippen molar-refractivity contribution in [1.82, 2.24) is 9.62 Å². The molecule has 1 spiro atoms. The molecule has 4 rings (SSSR count). The van der Waals surface area contributed by atoms with Crippen molar-refractivity contribution < 1.29 is 22.4 Å². The summed E-state index contributed by atoms with van der Waals surface area (Å²) in [5.74, 6) is 0.553. The summed E-state index contributed by atoms with van der Waals surface area (Å²) in [4.78, 5) is 29.0. The van der Waals surface area contributed by atoms with Crippen LogP contribution in [0.2, 0.25) is 0 Å². The Morgan fingerprint density at radius 2 is 1.86 bits per heavy atom. The Bertz CT molecular complexity index is 1180. The summed E-state index contributed by atoms with van der Waals surface area (Å²) < 4.78 is 42.0. The van der Waals surface area contributed by atoms with E-state index in [1.807, 2.05) is 19.1 Å². The SMILES string of the molecule is CC(=O)Nc1ccc(CCS(=O)(=O)N2CCC3(CC2)N=C(C2CCC(C(C)(C)F)CC2)NC3=O)c(C)c1. The number of piperidine rings is 1. The highest BCUT2D eigenvalue weighted by Gasteiger charge is 2.48. The third-order valence-corrected chi connectivity index (χ3v) is 10.2. The number of halogens is 1. The fourth-order valence-electron chi connectivity index (χ4n) is 5.89. The second-order valence-electron chi connectivity index (χ2n) is 11.4. The predicted molar refractivity (Wildman–Crippen MR) is 143 cm³/mol. The van der Waals surface area contributed by atoms with Gasteiger partial charge in [-0.1, -0.05) is 6.07 Å². The molecule has 10 heteroatoms. The smallest absolute Gasteiger partial charge is 0.253 e. The number of aliphatic imine (C=N–C) groups is 1. The first kappa shape index (κ1) is 27.7. The quantitative estimate of drug-likeness (QED) is 0.556. The molecule has 2 fully saturated rings. The summed E-state index contributed by atoms with van der Waals surface area (Å²) in [6.07, 6.45) is 4.25. The van der Waals surface area contributed by atoms with Gasteiger partial charge >= 0.3 is 0 Å². The average Bonchev–Trinajstić information content (AvgIpc) is 3.13. The van der Waals surface area contributed by atoms with Crippen LogP contribution in [-0.4, -0.2) is 60.4 Å². The number of rotatable bonds is 7. The van der Waals surface area contributed by atoms with Gasteiger partial charge < -0.3 is 10.6 Å². The first-order valence-electron chi connectivity index (χ1n) is 13.2. The number of sulfonamides is 1. The van der Waals surface area contributed by atoms with Gasteiger partial charge in [0.1, 0.15) is 17.0 Å². The van der Waals surface area contributed by atoms with Crippen LogP contribution in [0.3, 0.4) is 0 Å². The molecule has 0 atom stereocenters. The molecule has 1 saturated carbocycles. The molecule has 2 N–H and O–H groups in total. The van der Waals surface area contributed by atoms with E-state index in [1.165, 1.54) is 11.2 Å². The largest absolute Gasteiger partial charge is 0.326 e. The number of carbonyl (C=O) groups is 2. The zero-order valence-corrected chi connectivity index (χ0v) is 23.1. The molecule has 1 aromatic carbocycles. The average molecular weight is 535 g/mol. The summed E-state index contributed by atoms with van der Waals surface area (Å²) in [5, 5.41) is 5.72. The topological polar surface area (TPSA) is 108 Å². The van der Waals surface area contributed by atoms with Crippen molar-refractivity contribution in [3.63, 3.8) is 0 Å². The standard InChI is InChI=1S/C27H39FN4O4S/c1-18-17-23(29-19(2)33)10-7-20(18)11-16-37(35,36)32-14-12-27(13-15-32)25(34)30-24(31-27)21-5-8-22(9-6-21)26(3,4)28/h7,10,17,21-22H,5-6,8-9,11-16H2,1-4H3,(H,29,33)(H,30,31,34). The minimum absolute atomic E-state index is 0.0187. The van der Waals surface area contributed by atoms with Gasteiger partial charge in [0, 0.05) is 31.6 Å². The van der Waals surface area contributed by atoms with Crippen molar-refractivity contribution in [1.29, 1.82) is 0 Å². The molecule has 37 heavy (non-hydrogen) atoms. The van der Waals surface area contributed by atoms with E-state index in [0.717, 1.165) is 36.8 Å². The molecule has 8 nitrogen and oxygen atoms in total. The first-order chi connectivity index (χ1) is 17.3. The Morgan fingerprint density at radius 3 is 2.43 bits per heavy atom. The second kappa shape index (κ2) is 10.4. The molecule has 0 bridgehead atoms. The number of hydrogen-bond donors (Lipinski definition) is 2. The van der Waals surface area contributed by atoms with Gasteiger partial charge in [0.05, 0.1) is 5.75 Å². The van der Waals surface area contributed by atoms with Crippen LogP contribution in [0, 0.1) is 18.8 Å². The van der Waals surface area contributed by atoms with Crippen molar-refractivity contribution in [2.45, 2.75) is 83.8 Å². The fraction of sp³-hybridized carbons (Fsp3) is 0.667. The summed E-state index contributed by atoms with van der Waals surface area (Å²) in [7, 11) is -3.50. The lowest BCUT2D eigenvalue weighted by Crippen LogP contribution is -2.51. The maximum atomic E-state index is 14.3. The van der Waals surface area contributed by atoms with Gasteiger partial charge in [-0.15, -0.1) is 0 Å². The number of carbonyl (C=O) groups excluding carboxylic acids is 2. The van der Waals surface area contributed by atoms with Gasteiger partial charge in [0.15, 0.2) is 0 Å². The molecule has 1 aliphatic carbocycles. The second-order valence-corrected chi connectivity index (χ2v) is 13.5. The van der Waals surface area contributed by atoms with Crippen molar-refractivity contribution in [3.8, 4) is 0 Å². The lowest BCUT2D eigenvalue weighted by molar-refractivity contribution is -0.125. The number of anilines is 1. The lowest BCUT2D eigenvalue weighted by atomic mass is 9.75. The summed E-state index contributed by atoms with van der Waals surface area (Å²) in [6.45, 7) is 7.13. The van der Waals surface area contributed by atoms with Gasteiger partial charge in [0.25, 0.3) is 5.91 Å². The number of alkyl halides is 1. The number of nitrogens with zero attached hydrogens (tertiary/aromatic N) is 2. The van der Waals surface area contributed by atoms with Crippen LogP contribution >= 0.6 is 0 Å². The van der Waals surface area contributed by atoms with Crippen molar-refractivity contribution in [3.05, 3.63) is 29.3 Å². The van der Waals surface area contributed by atoms with Crippen molar-refractivity contribution >= 4 is 33.4 Å². The van der Waals surface area contributed by atoms with E-state index in [9.17, 15) is 22.4 Å². The Morgan fingerprint density at radius 1 is 1.22 bits per heavy atom. The molecule has 0 aromatic heterocycles. The van der Waals surface area contributed by atoms with E-state index in [4.69, 9.17) is 4.99 Å². The number of nitrogens with one attached hydrogen (secondary N) is 2. The van der Waals surface area contributed by atoms with Gasteiger partial charge in [-0.3, -0.25) is 14.6 Å². The van der Waals surface area contributed by atoms with E-state index < -0.39 is 21.2 Å². The lowest BCUT2D eigenvalue weighted by Gasteiger charge is -2.35. The zero-order valence-electron chi connectivity index (χ0n) is 22.3. The zero-order chi connectivity index (χ0) is 27.0. The maximum absolute atomic E-state index is 14.3. The van der Waals surface area contributed by atoms with Crippen molar-refractivity contribution in [2.75, 3.05) is 24.2 Å². The molecule has 3 aliphatic rings. The van der Waals surface area contributed by atoms with Crippen LogP contribution in [0.1, 0.15) is 70.4 Å². The third-order valence-electron chi connectivity index (χ3n) is 8.32. The van der Waals surface area contributed by atoms with E-state index in [1.54, 1.807) is 19.9 Å². The van der Waals surface area contributed by atoms with E-state index in [-0.39, 0.29) is 42.5 Å². The molecule has 2 aliphatic heterocycles. The Labute approximate surface area is 219 Å². The summed E-state index contributed by atoms with van der Waals surface area (Å²) in [6, 6.07) is 5.47. The van der Waals surface area contributed by atoms with Gasteiger partial charge in [-0.05, 0) is 94.9 Å². The minimum Gasteiger partial charge on any atom is -0.326 e. The molecule has 204 valence electrons. The van der Waals surface area contributed by atoms with E-state index in [0.29, 0.717) is 30.8 Å². The molecule has 0 radical (unpaired) electrons. The molecule has 1 aromatic rings. The number of hydrogen-bond acceptors (Lipinski definition) is 5. The van der Waals surface area contributed by atoms with Gasteiger partial charge in [0.2, 0.25) is 15.9 Å². The predicted octanol–water partition coefficient (Wildman–Crippen LogP) is 3.74. The molecule has 1 saturated heterocycles. The Kier molecular flexibility index (Phi) is 7.82. The normalized spacial score (nSPS) is 24.6. The van der Waals surface area contributed by atoms with Crippen LogP contribution in [-0.2, 0) is 26.0 Å². The highest BCUT2D eigenvalue weighted by atomic mass is 32.2. The van der Waals surface area contributed by atoms with Crippen LogP contribution < -0.4 is 10.6 Å². The monoisotopic (exact) mass is 534 g/mol. The van der Waals surface area contributed by atoms with E-state index >= 15 is 0 Å². The molecule has 2 amide bonds. The van der Waals surface area contributed by atoms with Gasteiger partial charge in [-0.2, -0.15) is 0 Å². The highest BCUT2D eigenvalue weighted by molar-refractivity contribution is 7.89. The van der Waals surface area contributed by atoms with Crippen LogP contribution in [0.25, 0.3) is 0 Å². The van der Waals surface area contributed by atoms with Crippen molar-refractivity contribution in [2.24, 2.45) is 16.8 Å². The summed E-state index contributed by atoms with van der Waals surface area (Å²) in [5.41, 5.74) is 0.439. The van der Waals surface area contributed by atoms with Gasteiger partial charge in [-0.25, -0.2) is 17.1 Å². The first-order valence-corrected chi connectivity index (χ1v) is 14.8. The Hall–Kier alpha value is -2.33. The fourth-order valence-corrected chi connectivity index (χ4v) is 7.36. The number of amides is 2. The van der Waals surface area contributed by atoms with Crippen LogP contribution in [0.4, 0.5) is 10.1 Å². The highest BCUT2D eigenvalue weighted by Crippen LogP contribution is 2.40. The Balaban J connectivity index is 1.34. The van der Waals surface area contributed by atoms with Crippen LogP contribution in [0.5, 0.6) is 0 Å². The number of benzene rings is 1. The van der Waals surface area contributed by atoms with E-state index in [2.05, 4.69) is 10.6 Å². The maximum Gasteiger partial charge on any atom is 0.253 e. The summed E-state index contributed by atoms with van der Waals surface area (Å²) >= 11 is 0. The molecule has 0 unspecified atom stereocenters. The molecular formula is C27H39FN4O4S. The number of aryl methyl sites for hydroxylation is 2. The minimum atomic E-state index is -3.50. The molecule has 2 heterocycles. The third kappa shape index (κ3) is 6.22. The molecular weight excluding hydrogens is 495 g/mol. The number of amidine groups is 1.